The summed E-state index contributed by atoms with van der Waals surface area (Å²) in [6.45, 7) is 4.00. The number of aromatic nitrogens is 1. The Hall–Kier alpha value is -1.09. The van der Waals surface area contributed by atoms with E-state index < -0.39 is 0 Å². The van der Waals surface area contributed by atoms with Crippen molar-refractivity contribution in [3.05, 3.63) is 23.4 Å². The van der Waals surface area contributed by atoms with E-state index in [0.717, 1.165) is 23.4 Å². The zero-order valence-corrected chi connectivity index (χ0v) is 9.33. The maximum atomic E-state index is 9.68. The van der Waals surface area contributed by atoms with Gasteiger partial charge in [-0.1, -0.05) is 6.92 Å². The van der Waals surface area contributed by atoms with E-state index in [9.17, 15) is 5.11 Å². The molecule has 1 aliphatic carbocycles. The number of nitrogens with one attached hydrogen (secondary N) is 1. The molecule has 0 spiro atoms. The van der Waals surface area contributed by atoms with E-state index >= 15 is 0 Å². The third-order valence-corrected chi connectivity index (χ3v) is 2.79. The Labute approximate surface area is 90.5 Å². The van der Waals surface area contributed by atoms with Gasteiger partial charge in [0.2, 0.25) is 0 Å². The van der Waals surface area contributed by atoms with E-state index in [2.05, 4.69) is 10.3 Å². The fourth-order valence-corrected chi connectivity index (χ4v) is 1.59. The molecule has 2 rings (SSSR count). The van der Waals surface area contributed by atoms with E-state index in [1.165, 1.54) is 12.8 Å². The van der Waals surface area contributed by atoms with Crippen LogP contribution in [-0.4, -0.2) is 16.1 Å². The maximum Gasteiger partial charge on any atom is 0.129 e. The molecule has 0 aromatic carbocycles. The quantitative estimate of drug-likeness (QED) is 0.795. The van der Waals surface area contributed by atoms with Crippen molar-refractivity contribution in [2.75, 3.05) is 5.32 Å². The Kier molecular flexibility index (Phi) is 2.91. The average Bonchev–Trinajstić information content (AvgIpc) is 3.04. The van der Waals surface area contributed by atoms with Crippen LogP contribution >= 0.6 is 0 Å². The SMILES string of the molecule is CC[C@H](O)c1cnc(NC2CC2)c(C)c1. The second kappa shape index (κ2) is 4.19. The number of aryl methyl sites for hydroxylation is 1. The molecule has 0 amide bonds. The van der Waals surface area contributed by atoms with Gasteiger partial charge >= 0.3 is 0 Å². The third kappa shape index (κ3) is 2.48. The average molecular weight is 206 g/mol. The van der Waals surface area contributed by atoms with Gasteiger partial charge in [-0.3, -0.25) is 0 Å². The first-order valence-electron chi connectivity index (χ1n) is 5.62. The van der Waals surface area contributed by atoms with Crippen LogP contribution in [0, 0.1) is 6.92 Å². The molecule has 0 unspecified atom stereocenters. The molecule has 0 saturated heterocycles. The number of aliphatic hydroxyl groups excluding tert-OH is 1. The number of rotatable bonds is 4. The Morgan fingerprint density at radius 1 is 1.60 bits per heavy atom. The van der Waals surface area contributed by atoms with Gasteiger partial charge in [0.1, 0.15) is 5.82 Å². The van der Waals surface area contributed by atoms with Crippen molar-refractivity contribution in [1.29, 1.82) is 0 Å². The number of hydrogen-bond donors (Lipinski definition) is 2. The van der Waals surface area contributed by atoms with Crippen LogP contribution in [-0.2, 0) is 0 Å². The van der Waals surface area contributed by atoms with E-state index in [1.807, 2.05) is 19.9 Å². The third-order valence-electron chi connectivity index (χ3n) is 2.79. The van der Waals surface area contributed by atoms with Crippen molar-refractivity contribution >= 4 is 5.82 Å². The molecule has 0 aliphatic heterocycles. The van der Waals surface area contributed by atoms with Crippen molar-refractivity contribution in [1.82, 2.24) is 4.98 Å². The number of pyridine rings is 1. The van der Waals surface area contributed by atoms with Crippen LogP contribution in [0.1, 0.15) is 43.4 Å². The van der Waals surface area contributed by atoms with Gasteiger partial charge in [-0.2, -0.15) is 0 Å². The lowest BCUT2D eigenvalue weighted by atomic mass is 10.1. The van der Waals surface area contributed by atoms with Crippen LogP contribution in [0.4, 0.5) is 5.82 Å². The smallest absolute Gasteiger partial charge is 0.129 e. The molecule has 1 aromatic heterocycles. The van der Waals surface area contributed by atoms with Crippen LogP contribution in [0.2, 0.25) is 0 Å². The highest BCUT2D eigenvalue weighted by atomic mass is 16.3. The van der Waals surface area contributed by atoms with Gasteiger partial charge in [0.05, 0.1) is 6.10 Å². The predicted octanol–water partition coefficient (Wildman–Crippen LogP) is 2.41. The molecule has 1 heterocycles. The Balaban J connectivity index is 2.13. The van der Waals surface area contributed by atoms with E-state index in [0.29, 0.717) is 6.04 Å². The predicted molar refractivity (Wildman–Crippen MR) is 60.9 cm³/mol. The molecule has 1 atom stereocenters. The van der Waals surface area contributed by atoms with Crippen LogP contribution < -0.4 is 5.32 Å². The van der Waals surface area contributed by atoms with Gasteiger partial charge in [-0.05, 0) is 43.4 Å². The minimum atomic E-state index is -0.383. The van der Waals surface area contributed by atoms with Crippen LogP contribution in [0.3, 0.4) is 0 Å². The summed E-state index contributed by atoms with van der Waals surface area (Å²) in [4.78, 5) is 4.36. The van der Waals surface area contributed by atoms with Gasteiger partial charge in [0, 0.05) is 12.2 Å². The molecule has 2 N–H and O–H groups in total. The van der Waals surface area contributed by atoms with Gasteiger partial charge in [0.15, 0.2) is 0 Å². The molecular formula is C12H18N2O. The highest BCUT2D eigenvalue weighted by Gasteiger charge is 2.22. The van der Waals surface area contributed by atoms with E-state index in [4.69, 9.17) is 0 Å². The Bertz CT molecular complexity index is 347. The zero-order chi connectivity index (χ0) is 10.8. The second-order valence-electron chi connectivity index (χ2n) is 4.28. The summed E-state index contributed by atoms with van der Waals surface area (Å²) < 4.78 is 0. The highest BCUT2D eigenvalue weighted by molar-refractivity contribution is 5.46. The monoisotopic (exact) mass is 206 g/mol. The number of hydrogen-bond acceptors (Lipinski definition) is 3. The van der Waals surface area contributed by atoms with E-state index in [-0.39, 0.29) is 6.10 Å². The first kappa shape index (κ1) is 10.4. The standard InChI is InChI=1S/C12H18N2O/c1-3-11(15)9-6-8(2)12(13-7-9)14-10-4-5-10/h6-7,10-11,15H,3-5H2,1-2H3,(H,13,14)/t11-/m0/s1. The van der Waals surface area contributed by atoms with Crippen LogP contribution in [0.5, 0.6) is 0 Å². The molecule has 1 aliphatic rings. The molecule has 0 bridgehead atoms. The first-order valence-corrected chi connectivity index (χ1v) is 5.62. The summed E-state index contributed by atoms with van der Waals surface area (Å²) in [5.41, 5.74) is 2.03. The molecule has 15 heavy (non-hydrogen) atoms. The fourth-order valence-electron chi connectivity index (χ4n) is 1.59. The largest absolute Gasteiger partial charge is 0.388 e. The van der Waals surface area contributed by atoms with Gasteiger partial charge < -0.3 is 10.4 Å². The minimum absolute atomic E-state index is 0.383. The zero-order valence-electron chi connectivity index (χ0n) is 9.33. The topological polar surface area (TPSA) is 45.2 Å². The molecule has 1 saturated carbocycles. The minimum Gasteiger partial charge on any atom is -0.388 e. The molecule has 82 valence electrons. The number of aliphatic hydroxyl groups is 1. The first-order chi connectivity index (χ1) is 7.20. The van der Waals surface area contributed by atoms with Gasteiger partial charge in [-0.25, -0.2) is 4.98 Å². The summed E-state index contributed by atoms with van der Waals surface area (Å²) in [5.74, 6) is 0.963. The molecule has 1 fully saturated rings. The molecule has 0 radical (unpaired) electrons. The Morgan fingerprint density at radius 3 is 2.87 bits per heavy atom. The lowest BCUT2D eigenvalue weighted by Gasteiger charge is -2.12. The summed E-state index contributed by atoms with van der Waals surface area (Å²) >= 11 is 0. The van der Waals surface area contributed by atoms with Crippen LogP contribution in [0.15, 0.2) is 12.3 Å². The van der Waals surface area contributed by atoms with E-state index in [1.54, 1.807) is 6.20 Å². The lowest BCUT2D eigenvalue weighted by molar-refractivity contribution is 0.173. The molecular weight excluding hydrogens is 188 g/mol. The summed E-state index contributed by atoms with van der Waals surface area (Å²) in [6.07, 6.45) is 4.62. The van der Waals surface area contributed by atoms with Crippen molar-refractivity contribution in [3.8, 4) is 0 Å². The van der Waals surface area contributed by atoms with Gasteiger partial charge in [-0.15, -0.1) is 0 Å². The second-order valence-corrected chi connectivity index (χ2v) is 4.28. The van der Waals surface area contributed by atoms with Crippen LogP contribution in [0.25, 0.3) is 0 Å². The molecule has 1 aromatic rings. The van der Waals surface area contributed by atoms with Crippen molar-refractivity contribution < 1.29 is 5.11 Å². The summed E-state index contributed by atoms with van der Waals surface area (Å²) in [5, 5.41) is 13.1. The number of anilines is 1. The highest BCUT2D eigenvalue weighted by Crippen LogP contribution is 2.26. The molecule has 3 heteroatoms. The van der Waals surface area contributed by atoms with Crippen molar-refractivity contribution in [2.45, 2.75) is 45.3 Å². The molecule has 3 nitrogen and oxygen atoms in total. The van der Waals surface area contributed by atoms with Crippen molar-refractivity contribution in [3.63, 3.8) is 0 Å². The number of nitrogens with zero attached hydrogens (tertiary/aromatic N) is 1. The summed E-state index contributed by atoms with van der Waals surface area (Å²) in [7, 11) is 0. The van der Waals surface area contributed by atoms with Gasteiger partial charge in [0.25, 0.3) is 0 Å². The lowest BCUT2D eigenvalue weighted by Crippen LogP contribution is -2.06. The Morgan fingerprint density at radius 2 is 2.33 bits per heavy atom. The maximum absolute atomic E-state index is 9.68. The normalized spacial score (nSPS) is 17.5. The fraction of sp³-hybridized carbons (Fsp3) is 0.583. The van der Waals surface area contributed by atoms with Crippen molar-refractivity contribution in [2.24, 2.45) is 0 Å². The summed E-state index contributed by atoms with van der Waals surface area (Å²) in [6, 6.07) is 2.64.